The lowest BCUT2D eigenvalue weighted by atomic mass is 10.1. The summed E-state index contributed by atoms with van der Waals surface area (Å²) in [6.07, 6.45) is 50.7. The Labute approximate surface area is 348 Å². The molecule has 2 atom stereocenters. The van der Waals surface area contributed by atoms with Crippen LogP contribution in [0.15, 0.2) is 85.1 Å². The zero-order valence-corrected chi connectivity index (χ0v) is 37.1. The van der Waals surface area contributed by atoms with Crippen molar-refractivity contribution in [1.82, 2.24) is 4.90 Å². The van der Waals surface area contributed by atoms with E-state index >= 15 is 0 Å². The molecule has 0 amide bonds. The molecule has 0 aromatic rings. The second kappa shape index (κ2) is 41.4. The molecule has 0 rings (SSSR count). The highest BCUT2D eigenvalue weighted by molar-refractivity contribution is 7.47. The van der Waals surface area contributed by atoms with Crippen molar-refractivity contribution in [2.24, 2.45) is 0 Å². The summed E-state index contributed by atoms with van der Waals surface area (Å²) in [5, 5.41) is 0. The van der Waals surface area contributed by atoms with Crippen molar-refractivity contribution in [1.29, 1.82) is 0 Å². The molecular formula is C47H80NO8P. The number of phosphoric ester groups is 1. The average Bonchev–Trinajstić information content (AvgIpc) is 3.18. The number of carbonyl (C=O) groups is 2. The zero-order chi connectivity index (χ0) is 41.9. The van der Waals surface area contributed by atoms with E-state index < -0.39 is 32.5 Å². The predicted molar refractivity (Wildman–Crippen MR) is 238 cm³/mol. The van der Waals surface area contributed by atoms with Crippen LogP contribution in [0, 0.1) is 0 Å². The highest BCUT2D eigenvalue weighted by Crippen LogP contribution is 2.43. The minimum absolute atomic E-state index is 0.0127. The number of hydrogen-bond donors (Lipinski definition) is 1. The van der Waals surface area contributed by atoms with Crippen molar-refractivity contribution in [2.45, 2.75) is 161 Å². The summed E-state index contributed by atoms with van der Waals surface area (Å²) < 4.78 is 33.4. The molecule has 10 heteroatoms. The second-order valence-electron chi connectivity index (χ2n) is 14.5. The number of rotatable bonds is 39. The van der Waals surface area contributed by atoms with Crippen LogP contribution in [0.1, 0.15) is 155 Å². The highest BCUT2D eigenvalue weighted by atomic mass is 31.2. The number of hydrogen-bond acceptors (Lipinski definition) is 8. The molecule has 0 spiro atoms. The van der Waals surface area contributed by atoms with Gasteiger partial charge in [-0.3, -0.25) is 18.6 Å². The van der Waals surface area contributed by atoms with Crippen molar-refractivity contribution in [3.05, 3.63) is 85.1 Å². The van der Waals surface area contributed by atoms with E-state index in [0.29, 0.717) is 19.4 Å². The standard InChI is InChI=1S/C47H80NO8P/c1-5-7-9-11-13-15-17-19-21-22-23-24-26-28-30-32-34-36-38-40-47(50)56-45(44-55-57(51,52)54-42-41-48(3)4)43-53-46(49)39-37-35-33-31-29-27-25-20-18-16-14-12-10-8-6-2/h13-16,19-21,23-25,28,30,34,36,45H,5-12,17-18,22,26-27,29,31-33,35,37-44H2,1-4H3,(H,51,52)/b15-13-,16-14-,21-19-,24-23-,25-20-,30-28-,36-34-. The van der Waals surface area contributed by atoms with Crippen molar-refractivity contribution >= 4 is 19.8 Å². The quantitative estimate of drug-likeness (QED) is 0.0280. The van der Waals surface area contributed by atoms with Gasteiger partial charge in [-0.15, -0.1) is 0 Å². The molecule has 1 N–H and O–H groups in total. The molecule has 0 radical (unpaired) electrons. The number of esters is 2. The van der Waals surface area contributed by atoms with Crippen LogP contribution < -0.4 is 0 Å². The molecule has 2 unspecified atom stereocenters. The fraction of sp³-hybridized carbons (Fsp3) is 0.660. The number of likely N-dealkylation sites (N-methyl/N-ethyl adjacent to an activating group) is 1. The predicted octanol–water partition coefficient (Wildman–Crippen LogP) is 12.7. The number of phosphoric acid groups is 1. The SMILES string of the molecule is CCCCC/C=C\C/C=C\C/C=C\C/C=C\C/C=C\CCC(=O)OC(COC(=O)CCCCCCC/C=C\C/C=C\CCCCC)COP(=O)(O)OCCN(C)C. The van der Waals surface area contributed by atoms with Gasteiger partial charge in [0.2, 0.25) is 0 Å². The van der Waals surface area contributed by atoms with E-state index in [2.05, 4.69) is 86.8 Å². The lowest BCUT2D eigenvalue weighted by Crippen LogP contribution is -2.29. The summed E-state index contributed by atoms with van der Waals surface area (Å²) in [6, 6.07) is 0. The third-order valence-corrected chi connectivity index (χ3v) is 9.67. The summed E-state index contributed by atoms with van der Waals surface area (Å²) in [7, 11) is -0.765. The minimum Gasteiger partial charge on any atom is -0.462 e. The smallest absolute Gasteiger partial charge is 0.462 e. The maximum absolute atomic E-state index is 12.6. The van der Waals surface area contributed by atoms with Crippen LogP contribution in [0.2, 0.25) is 0 Å². The van der Waals surface area contributed by atoms with Gasteiger partial charge in [-0.2, -0.15) is 0 Å². The van der Waals surface area contributed by atoms with E-state index in [0.717, 1.165) is 64.2 Å². The third kappa shape index (κ3) is 42.6. The Kier molecular flexibility index (Phi) is 39.3. The van der Waals surface area contributed by atoms with E-state index in [1.165, 1.54) is 51.4 Å². The fourth-order valence-corrected chi connectivity index (χ4v) is 6.03. The number of allylic oxidation sites excluding steroid dienone is 14. The van der Waals surface area contributed by atoms with Gasteiger partial charge >= 0.3 is 19.8 Å². The summed E-state index contributed by atoms with van der Waals surface area (Å²) in [6.45, 7) is 4.14. The van der Waals surface area contributed by atoms with Gasteiger partial charge in [-0.1, -0.05) is 144 Å². The molecule has 57 heavy (non-hydrogen) atoms. The Hall–Kier alpha value is -2.81. The molecule has 0 saturated heterocycles. The second-order valence-corrected chi connectivity index (χ2v) is 16.0. The molecule has 0 saturated carbocycles. The van der Waals surface area contributed by atoms with Gasteiger partial charge in [0.1, 0.15) is 6.61 Å². The van der Waals surface area contributed by atoms with Crippen LogP contribution in [0.5, 0.6) is 0 Å². The first-order valence-electron chi connectivity index (χ1n) is 21.9. The van der Waals surface area contributed by atoms with Gasteiger partial charge in [-0.05, 0) is 97.6 Å². The van der Waals surface area contributed by atoms with Crippen LogP contribution in [0.25, 0.3) is 0 Å². The van der Waals surface area contributed by atoms with Gasteiger partial charge in [0, 0.05) is 19.4 Å². The van der Waals surface area contributed by atoms with Crippen molar-refractivity contribution in [2.75, 3.05) is 40.5 Å². The summed E-state index contributed by atoms with van der Waals surface area (Å²) in [5.41, 5.74) is 0. The lowest BCUT2D eigenvalue weighted by Gasteiger charge is -2.20. The van der Waals surface area contributed by atoms with Crippen LogP contribution >= 0.6 is 7.82 Å². The summed E-state index contributed by atoms with van der Waals surface area (Å²) >= 11 is 0. The van der Waals surface area contributed by atoms with Crippen LogP contribution in [-0.4, -0.2) is 68.3 Å². The molecule has 0 aromatic carbocycles. The van der Waals surface area contributed by atoms with Crippen molar-refractivity contribution in [3.63, 3.8) is 0 Å². The molecule has 0 bridgehead atoms. The molecule has 9 nitrogen and oxygen atoms in total. The topological polar surface area (TPSA) is 112 Å². The normalized spacial score (nSPS) is 14.2. The zero-order valence-electron chi connectivity index (χ0n) is 36.2. The first-order chi connectivity index (χ1) is 27.7. The third-order valence-electron chi connectivity index (χ3n) is 8.69. The average molecular weight is 818 g/mol. The Morgan fingerprint density at radius 3 is 1.47 bits per heavy atom. The Morgan fingerprint density at radius 1 is 0.544 bits per heavy atom. The molecule has 0 aromatic heterocycles. The molecule has 0 aliphatic carbocycles. The maximum Gasteiger partial charge on any atom is 0.472 e. The molecular weight excluding hydrogens is 737 g/mol. The first kappa shape index (κ1) is 54.2. The van der Waals surface area contributed by atoms with E-state index in [-0.39, 0.29) is 26.1 Å². The van der Waals surface area contributed by atoms with Gasteiger partial charge in [-0.25, -0.2) is 4.57 Å². The van der Waals surface area contributed by atoms with Crippen molar-refractivity contribution in [3.8, 4) is 0 Å². The summed E-state index contributed by atoms with van der Waals surface area (Å²) in [4.78, 5) is 37.0. The van der Waals surface area contributed by atoms with Crippen LogP contribution in [0.3, 0.4) is 0 Å². The monoisotopic (exact) mass is 818 g/mol. The highest BCUT2D eigenvalue weighted by Gasteiger charge is 2.26. The molecule has 0 heterocycles. The Bertz CT molecular complexity index is 1220. The van der Waals surface area contributed by atoms with Crippen LogP contribution in [0.4, 0.5) is 0 Å². The van der Waals surface area contributed by atoms with E-state index in [1.807, 2.05) is 26.2 Å². The lowest BCUT2D eigenvalue weighted by molar-refractivity contribution is -0.161. The Morgan fingerprint density at radius 2 is 0.982 bits per heavy atom. The van der Waals surface area contributed by atoms with Gasteiger partial charge in [0.15, 0.2) is 6.10 Å². The van der Waals surface area contributed by atoms with Gasteiger partial charge in [0.05, 0.1) is 13.2 Å². The van der Waals surface area contributed by atoms with Crippen molar-refractivity contribution < 1.29 is 37.6 Å². The van der Waals surface area contributed by atoms with E-state index in [1.54, 1.807) is 4.90 Å². The number of unbranched alkanes of at least 4 members (excludes halogenated alkanes) is 11. The molecule has 326 valence electrons. The molecule has 0 aliphatic heterocycles. The fourth-order valence-electron chi connectivity index (χ4n) is 5.29. The van der Waals surface area contributed by atoms with Crippen LogP contribution in [-0.2, 0) is 32.7 Å². The first-order valence-corrected chi connectivity index (χ1v) is 23.4. The maximum atomic E-state index is 12.6. The van der Waals surface area contributed by atoms with E-state index in [9.17, 15) is 19.0 Å². The van der Waals surface area contributed by atoms with Gasteiger partial charge in [0.25, 0.3) is 0 Å². The number of ether oxygens (including phenoxy) is 2. The number of nitrogens with zero attached hydrogens (tertiary/aromatic N) is 1. The molecule has 0 aliphatic rings. The molecule has 0 fully saturated rings. The minimum atomic E-state index is -4.39. The van der Waals surface area contributed by atoms with E-state index in [4.69, 9.17) is 18.5 Å². The van der Waals surface area contributed by atoms with Gasteiger partial charge < -0.3 is 19.3 Å². The number of carbonyl (C=O) groups excluding carboxylic acids is 2. The Balaban J connectivity index is 4.47. The summed E-state index contributed by atoms with van der Waals surface area (Å²) in [5.74, 6) is -0.923. The largest absolute Gasteiger partial charge is 0.472 e.